The van der Waals surface area contributed by atoms with E-state index in [1.165, 1.54) is 21.7 Å². The number of rotatable bonds is 5. The molecular weight excluding hydrogens is 264 g/mol. The van der Waals surface area contributed by atoms with Gasteiger partial charge in [-0.25, -0.2) is 4.98 Å². The lowest BCUT2D eigenvalue weighted by atomic mass is 9.76. The second-order valence-corrected chi connectivity index (χ2v) is 7.87. The van der Waals surface area contributed by atoms with Crippen molar-refractivity contribution in [3.05, 3.63) is 28.8 Å². The average Bonchev–Trinajstić information content (AvgIpc) is 2.74. The fourth-order valence-corrected chi connectivity index (χ4v) is 3.78. The molecule has 0 radical (unpaired) electrons. The highest BCUT2D eigenvalue weighted by Gasteiger charge is 2.23. The Kier molecular flexibility index (Phi) is 4.82. The Labute approximate surface area is 126 Å². The molecule has 20 heavy (non-hydrogen) atoms. The molecule has 2 rings (SSSR count). The Morgan fingerprint density at radius 3 is 2.65 bits per heavy atom. The quantitative estimate of drug-likeness (QED) is 0.877. The normalized spacial score (nSPS) is 13.8. The Morgan fingerprint density at radius 1 is 1.25 bits per heavy atom. The van der Waals surface area contributed by atoms with Crippen LogP contribution in [0.5, 0.6) is 0 Å². The maximum Gasteiger partial charge on any atom is 0.0938 e. The molecule has 0 fully saturated rings. The van der Waals surface area contributed by atoms with Crippen LogP contribution in [0.25, 0.3) is 10.2 Å². The van der Waals surface area contributed by atoms with Gasteiger partial charge in [-0.05, 0) is 61.8 Å². The first kappa shape index (κ1) is 15.5. The summed E-state index contributed by atoms with van der Waals surface area (Å²) in [5.74, 6) is 0.668. The van der Waals surface area contributed by atoms with Gasteiger partial charge in [-0.15, -0.1) is 11.3 Å². The van der Waals surface area contributed by atoms with Gasteiger partial charge in [-0.3, -0.25) is 0 Å². The maximum absolute atomic E-state index is 5.76. The van der Waals surface area contributed by atoms with Crippen molar-refractivity contribution in [1.29, 1.82) is 0 Å². The number of fused-ring (bicyclic) bond motifs is 1. The smallest absolute Gasteiger partial charge is 0.0938 e. The highest BCUT2D eigenvalue weighted by atomic mass is 32.1. The summed E-state index contributed by atoms with van der Waals surface area (Å²) in [5, 5.41) is 1.26. The predicted octanol–water partition coefficient (Wildman–Crippen LogP) is 4.55. The minimum absolute atomic E-state index is 0.326. The fraction of sp³-hybridized carbons (Fsp3) is 0.588. The van der Waals surface area contributed by atoms with E-state index in [2.05, 4.69) is 45.9 Å². The Bertz CT molecular complexity index is 566. The van der Waals surface area contributed by atoms with Gasteiger partial charge in [0.05, 0.1) is 15.2 Å². The number of benzene rings is 1. The van der Waals surface area contributed by atoms with E-state index in [1.54, 1.807) is 0 Å². The zero-order chi connectivity index (χ0) is 14.8. The molecule has 0 saturated heterocycles. The molecule has 1 aromatic heterocycles. The first-order valence-corrected chi connectivity index (χ1v) is 8.28. The number of hydrogen-bond acceptors (Lipinski definition) is 3. The van der Waals surface area contributed by atoms with Crippen LogP contribution in [0.15, 0.2) is 18.2 Å². The van der Waals surface area contributed by atoms with E-state index in [4.69, 9.17) is 10.7 Å². The molecule has 0 saturated carbocycles. The third-order valence-corrected chi connectivity index (χ3v) is 5.11. The molecule has 0 aliphatic rings. The molecule has 1 aromatic carbocycles. The van der Waals surface area contributed by atoms with Crippen molar-refractivity contribution in [2.24, 2.45) is 17.1 Å². The topological polar surface area (TPSA) is 38.9 Å². The predicted molar refractivity (Wildman–Crippen MR) is 89.3 cm³/mol. The standard InChI is InChI=1S/C17H26N2S/c1-12-5-7-14-15(11-12)20-16(19-14)8-6-13(9-10-18)17(2,3)4/h5,7,11,13H,6,8-10,18H2,1-4H3. The number of aryl methyl sites for hydroxylation is 2. The van der Waals surface area contributed by atoms with Crippen LogP contribution < -0.4 is 5.73 Å². The summed E-state index contributed by atoms with van der Waals surface area (Å²) >= 11 is 1.84. The summed E-state index contributed by atoms with van der Waals surface area (Å²) in [4.78, 5) is 4.76. The molecule has 2 aromatic rings. The monoisotopic (exact) mass is 290 g/mol. The van der Waals surface area contributed by atoms with E-state index in [-0.39, 0.29) is 0 Å². The van der Waals surface area contributed by atoms with Gasteiger partial charge >= 0.3 is 0 Å². The van der Waals surface area contributed by atoms with Gasteiger partial charge in [-0.1, -0.05) is 26.8 Å². The van der Waals surface area contributed by atoms with Crippen molar-refractivity contribution in [3.63, 3.8) is 0 Å². The highest BCUT2D eigenvalue weighted by Crippen LogP contribution is 2.33. The largest absolute Gasteiger partial charge is 0.330 e. The van der Waals surface area contributed by atoms with Crippen molar-refractivity contribution in [1.82, 2.24) is 4.98 Å². The summed E-state index contributed by atoms with van der Waals surface area (Å²) in [6.45, 7) is 9.86. The van der Waals surface area contributed by atoms with Crippen LogP contribution in [0.3, 0.4) is 0 Å². The second kappa shape index (κ2) is 6.23. The molecule has 1 unspecified atom stereocenters. The number of aromatic nitrogens is 1. The van der Waals surface area contributed by atoms with E-state index < -0.39 is 0 Å². The molecule has 0 amide bonds. The van der Waals surface area contributed by atoms with Gasteiger partial charge in [0.15, 0.2) is 0 Å². The fourth-order valence-electron chi connectivity index (χ4n) is 2.70. The molecule has 0 aliphatic carbocycles. The van der Waals surface area contributed by atoms with Crippen LogP contribution in [0.1, 0.15) is 44.2 Å². The minimum Gasteiger partial charge on any atom is -0.330 e. The number of hydrogen-bond donors (Lipinski definition) is 1. The number of nitrogens with zero attached hydrogens (tertiary/aromatic N) is 1. The van der Waals surface area contributed by atoms with Crippen molar-refractivity contribution in [2.75, 3.05) is 6.54 Å². The molecule has 0 aliphatic heterocycles. The Hall–Kier alpha value is -0.930. The van der Waals surface area contributed by atoms with Crippen molar-refractivity contribution in [2.45, 2.75) is 47.0 Å². The molecular formula is C17H26N2S. The Balaban J connectivity index is 2.07. The summed E-state index contributed by atoms with van der Waals surface area (Å²) in [6, 6.07) is 6.50. The van der Waals surface area contributed by atoms with Gasteiger partial charge in [-0.2, -0.15) is 0 Å². The zero-order valence-corrected chi connectivity index (χ0v) is 13.9. The molecule has 2 N–H and O–H groups in total. The molecule has 0 spiro atoms. The van der Waals surface area contributed by atoms with Crippen molar-refractivity contribution < 1.29 is 0 Å². The van der Waals surface area contributed by atoms with E-state index in [9.17, 15) is 0 Å². The second-order valence-electron chi connectivity index (χ2n) is 6.76. The molecule has 0 bridgehead atoms. The van der Waals surface area contributed by atoms with Crippen LogP contribution in [-0.4, -0.2) is 11.5 Å². The van der Waals surface area contributed by atoms with Crippen LogP contribution in [0.4, 0.5) is 0 Å². The van der Waals surface area contributed by atoms with Crippen LogP contribution in [0, 0.1) is 18.3 Å². The van der Waals surface area contributed by atoms with Crippen molar-refractivity contribution in [3.8, 4) is 0 Å². The van der Waals surface area contributed by atoms with Crippen LogP contribution in [0.2, 0.25) is 0 Å². The molecule has 110 valence electrons. The van der Waals surface area contributed by atoms with Gasteiger partial charge in [0.2, 0.25) is 0 Å². The van der Waals surface area contributed by atoms with Gasteiger partial charge in [0.1, 0.15) is 0 Å². The van der Waals surface area contributed by atoms with Crippen LogP contribution in [-0.2, 0) is 6.42 Å². The van der Waals surface area contributed by atoms with E-state index in [0.717, 1.165) is 24.9 Å². The Morgan fingerprint density at radius 2 is 2.00 bits per heavy atom. The average molecular weight is 290 g/mol. The molecule has 1 heterocycles. The van der Waals surface area contributed by atoms with Gasteiger partial charge in [0.25, 0.3) is 0 Å². The molecule has 3 heteroatoms. The van der Waals surface area contributed by atoms with Gasteiger partial charge in [0, 0.05) is 0 Å². The lowest BCUT2D eigenvalue weighted by molar-refractivity contribution is 0.215. The summed E-state index contributed by atoms with van der Waals surface area (Å²) in [7, 11) is 0. The van der Waals surface area contributed by atoms with Crippen molar-refractivity contribution >= 4 is 21.6 Å². The summed E-state index contributed by atoms with van der Waals surface area (Å²) < 4.78 is 1.31. The van der Waals surface area contributed by atoms with Gasteiger partial charge < -0.3 is 5.73 Å². The first-order valence-electron chi connectivity index (χ1n) is 7.46. The lowest BCUT2D eigenvalue weighted by Gasteiger charge is -2.30. The number of thiazole rings is 1. The summed E-state index contributed by atoms with van der Waals surface area (Å²) in [5.41, 5.74) is 8.54. The summed E-state index contributed by atoms with van der Waals surface area (Å²) in [6.07, 6.45) is 3.35. The first-order chi connectivity index (χ1) is 9.40. The number of nitrogens with two attached hydrogens (primary N) is 1. The SMILES string of the molecule is Cc1ccc2nc(CCC(CCN)C(C)(C)C)sc2c1. The van der Waals surface area contributed by atoms with Crippen LogP contribution >= 0.6 is 11.3 Å². The lowest BCUT2D eigenvalue weighted by Crippen LogP contribution is -2.24. The molecule has 1 atom stereocenters. The highest BCUT2D eigenvalue weighted by molar-refractivity contribution is 7.18. The van der Waals surface area contributed by atoms with E-state index in [1.807, 2.05) is 11.3 Å². The maximum atomic E-state index is 5.76. The third-order valence-electron chi connectivity index (χ3n) is 4.03. The third kappa shape index (κ3) is 3.80. The van der Waals surface area contributed by atoms with E-state index >= 15 is 0 Å². The zero-order valence-electron chi connectivity index (χ0n) is 13.1. The minimum atomic E-state index is 0.326. The van der Waals surface area contributed by atoms with E-state index in [0.29, 0.717) is 11.3 Å². The molecule has 2 nitrogen and oxygen atoms in total.